The lowest BCUT2D eigenvalue weighted by Gasteiger charge is -2.25. The second-order valence-electron chi connectivity index (χ2n) is 8.72. The highest BCUT2D eigenvalue weighted by Crippen LogP contribution is 2.24. The third-order valence-electron chi connectivity index (χ3n) is 5.82. The molecule has 1 atom stereocenters. The molecule has 2 heterocycles. The van der Waals surface area contributed by atoms with E-state index in [2.05, 4.69) is 15.4 Å². The summed E-state index contributed by atoms with van der Waals surface area (Å²) in [5.74, 6) is -2.73. The second kappa shape index (κ2) is 12.8. The average molecular weight is 544 g/mol. The van der Waals surface area contributed by atoms with Crippen molar-refractivity contribution in [1.29, 1.82) is 0 Å². The quantitative estimate of drug-likeness (QED) is 0.289. The Hall–Kier alpha value is -4.57. The number of amides is 2. The largest absolute Gasteiger partial charge is 0.356 e. The lowest BCUT2D eigenvalue weighted by Crippen LogP contribution is -2.46. The van der Waals surface area contributed by atoms with Gasteiger partial charge in [-0.15, -0.1) is 0 Å². The van der Waals surface area contributed by atoms with Crippen LogP contribution in [0, 0.1) is 5.92 Å². The van der Waals surface area contributed by atoms with E-state index < -0.39 is 27.8 Å². The molecule has 0 aliphatic heterocycles. The summed E-state index contributed by atoms with van der Waals surface area (Å²) in [6.45, 7) is 2.43. The number of nitrogens with one attached hydrogen (secondary N) is 1. The number of rotatable bonds is 11. The van der Waals surface area contributed by atoms with Crippen molar-refractivity contribution in [3.63, 3.8) is 0 Å². The van der Waals surface area contributed by atoms with Gasteiger partial charge in [0.2, 0.25) is 5.91 Å². The number of hydrogen-bond donors (Lipinski definition) is 1. The van der Waals surface area contributed by atoms with Crippen molar-refractivity contribution in [2.45, 2.75) is 19.9 Å². The Kier molecular flexibility index (Phi) is 9.01. The molecule has 2 amide bonds. The summed E-state index contributed by atoms with van der Waals surface area (Å²) < 4.78 is 29.5. The summed E-state index contributed by atoms with van der Waals surface area (Å²) in [4.78, 5) is 31.3. The number of anilines is 1. The maximum Gasteiger partial charge on any atom is 0.264 e. The minimum atomic E-state index is -4.30. The fourth-order valence-corrected chi connectivity index (χ4v) is 5.22. The molecule has 4 aromatic rings. The van der Waals surface area contributed by atoms with Gasteiger partial charge in [0.25, 0.3) is 15.9 Å². The molecule has 4 rings (SSSR count). The monoisotopic (exact) mass is 543 g/mol. The zero-order chi connectivity index (χ0) is 27.7. The van der Waals surface area contributed by atoms with Gasteiger partial charge in [-0.2, -0.15) is 5.10 Å². The number of sulfonamides is 1. The molecule has 1 unspecified atom stereocenters. The standard InChI is InChI=1S/C29H29N5O4S/c1-2-30-28(35)27(19-24-20-32-33(21-24)22-25-13-9-10-17-31-25)29(36)34(26-14-7-4-8-15-26)39(37,38)18-16-23-11-5-3-6-12-23/h3-18,20-21,27H,2,19,22H2,1H3,(H,30,35). The van der Waals surface area contributed by atoms with Crippen LogP contribution in [0.5, 0.6) is 0 Å². The van der Waals surface area contributed by atoms with Gasteiger partial charge in [-0.05, 0) is 54.8 Å². The Morgan fingerprint density at radius 3 is 2.36 bits per heavy atom. The fourth-order valence-electron chi connectivity index (χ4n) is 3.98. The van der Waals surface area contributed by atoms with Crippen LogP contribution in [0.2, 0.25) is 0 Å². The molecule has 0 aliphatic carbocycles. The van der Waals surface area contributed by atoms with Crippen LogP contribution >= 0.6 is 0 Å². The zero-order valence-electron chi connectivity index (χ0n) is 21.4. The highest BCUT2D eigenvalue weighted by Gasteiger charge is 2.37. The summed E-state index contributed by atoms with van der Waals surface area (Å²) >= 11 is 0. The molecule has 0 aliphatic rings. The molecule has 9 nitrogen and oxygen atoms in total. The van der Waals surface area contributed by atoms with E-state index >= 15 is 0 Å². The number of aromatic nitrogens is 3. The van der Waals surface area contributed by atoms with Gasteiger partial charge in [0.05, 0.1) is 29.5 Å². The van der Waals surface area contributed by atoms with E-state index in [0.717, 1.165) is 11.1 Å². The minimum Gasteiger partial charge on any atom is -0.356 e. The molecule has 0 saturated carbocycles. The summed E-state index contributed by atoms with van der Waals surface area (Å²) in [6, 6.07) is 22.5. The molecule has 39 heavy (non-hydrogen) atoms. The van der Waals surface area contributed by atoms with Crippen molar-refractivity contribution in [3.05, 3.63) is 120 Å². The van der Waals surface area contributed by atoms with E-state index in [9.17, 15) is 18.0 Å². The molecule has 1 N–H and O–H groups in total. The highest BCUT2D eigenvalue weighted by atomic mass is 32.2. The lowest BCUT2D eigenvalue weighted by atomic mass is 9.99. The van der Waals surface area contributed by atoms with Crippen molar-refractivity contribution < 1.29 is 18.0 Å². The van der Waals surface area contributed by atoms with E-state index in [1.54, 1.807) is 72.7 Å². The molecule has 10 heteroatoms. The lowest BCUT2D eigenvalue weighted by molar-refractivity contribution is -0.133. The zero-order valence-corrected chi connectivity index (χ0v) is 22.2. The maximum atomic E-state index is 13.9. The predicted octanol–water partition coefficient (Wildman–Crippen LogP) is 3.66. The molecule has 2 aromatic heterocycles. The number of carbonyl (C=O) groups excluding carboxylic acids is 2. The van der Waals surface area contributed by atoms with Gasteiger partial charge in [0.1, 0.15) is 5.92 Å². The number of hydrogen-bond acceptors (Lipinski definition) is 6. The Morgan fingerprint density at radius 2 is 1.69 bits per heavy atom. The fraction of sp³-hybridized carbons (Fsp3) is 0.172. The van der Waals surface area contributed by atoms with Crippen LogP contribution in [0.15, 0.2) is 103 Å². The van der Waals surface area contributed by atoms with Gasteiger partial charge < -0.3 is 5.32 Å². The number of benzene rings is 2. The topological polar surface area (TPSA) is 114 Å². The molecule has 2 aromatic carbocycles. The number of carbonyl (C=O) groups is 2. The first-order valence-electron chi connectivity index (χ1n) is 12.4. The highest BCUT2D eigenvalue weighted by molar-refractivity contribution is 7.96. The summed E-state index contributed by atoms with van der Waals surface area (Å²) in [5.41, 5.74) is 2.21. The SMILES string of the molecule is CCNC(=O)C(Cc1cnn(Cc2ccccn2)c1)C(=O)N(c1ccccc1)S(=O)(=O)C=Cc1ccccc1. The molecule has 0 bridgehead atoms. The van der Waals surface area contributed by atoms with Crippen molar-refractivity contribution in [2.24, 2.45) is 5.92 Å². The van der Waals surface area contributed by atoms with Crippen molar-refractivity contribution in [3.8, 4) is 0 Å². The normalized spacial score (nSPS) is 12.2. The van der Waals surface area contributed by atoms with E-state index in [0.29, 0.717) is 22.0 Å². The van der Waals surface area contributed by atoms with Crippen LogP contribution in [-0.4, -0.2) is 41.5 Å². The predicted molar refractivity (Wildman–Crippen MR) is 150 cm³/mol. The molecular formula is C29H29N5O4S. The first-order chi connectivity index (χ1) is 18.9. The average Bonchev–Trinajstić information content (AvgIpc) is 3.39. The van der Waals surface area contributed by atoms with Gasteiger partial charge in [-0.25, -0.2) is 12.7 Å². The van der Waals surface area contributed by atoms with Crippen LogP contribution < -0.4 is 9.62 Å². The molecular weight excluding hydrogens is 514 g/mol. The minimum absolute atomic E-state index is 0.0336. The van der Waals surface area contributed by atoms with Crippen molar-refractivity contribution in [1.82, 2.24) is 20.1 Å². The van der Waals surface area contributed by atoms with Gasteiger partial charge in [0, 0.05) is 18.9 Å². The van der Waals surface area contributed by atoms with E-state index in [1.807, 2.05) is 24.3 Å². The van der Waals surface area contributed by atoms with E-state index in [-0.39, 0.29) is 18.7 Å². The Labute approximate surface area is 227 Å². The van der Waals surface area contributed by atoms with Crippen LogP contribution in [-0.2, 0) is 32.6 Å². The Morgan fingerprint density at radius 1 is 1.00 bits per heavy atom. The number of para-hydroxylation sites is 1. The maximum absolute atomic E-state index is 13.9. The van der Waals surface area contributed by atoms with Crippen LogP contribution in [0.4, 0.5) is 5.69 Å². The number of nitrogens with zero attached hydrogens (tertiary/aromatic N) is 4. The number of pyridine rings is 1. The first kappa shape index (κ1) is 27.5. The van der Waals surface area contributed by atoms with E-state index in [4.69, 9.17) is 0 Å². The molecule has 0 spiro atoms. The molecule has 200 valence electrons. The summed E-state index contributed by atoms with van der Waals surface area (Å²) in [6.07, 6.45) is 6.37. The van der Waals surface area contributed by atoms with Gasteiger partial charge in [-0.3, -0.25) is 19.3 Å². The Balaban J connectivity index is 1.66. The Bertz CT molecular complexity index is 1520. The van der Waals surface area contributed by atoms with Crippen LogP contribution in [0.25, 0.3) is 6.08 Å². The van der Waals surface area contributed by atoms with Gasteiger partial charge >= 0.3 is 0 Å². The van der Waals surface area contributed by atoms with E-state index in [1.165, 1.54) is 18.2 Å². The molecule has 0 fully saturated rings. The third kappa shape index (κ3) is 7.26. The van der Waals surface area contributed by atoms with Gasteiger partial charge in [0.15, 0.2) is 0 Å². The van der Waals surface area contributed by atoms with Crippen LogP contribution in [0.1, 0.15) is 23.7 Å². The first-order valence-corrected chi connectivity index (χ1v) is 13.9. The van der Waals surface area contributed by atoms with Gasteiger partial charge in [-0.1, -0.05) is 54.6 Å². The third-order valence-corrected chi connectivity index (χ3v) is 7.20. The van der Waals surface area contributed by atoms with Crippen molar-refractivity contribution in [2.75, 3.05) is 10.8 Å². The second-order valence-corrected chi connectivity index (χ2v) is 10.4. The smallest absolute Gasteiger partial charge is 0.264 e. The molecule has 0 saturated heterocycles. The summed E-state index contributed by atoms with van der Waals surface area (Å²) in [7, 11) is -4.30. The van der Waals surface area contributed by atoms with Crippen molar-refractivity contribution >= 4 is 33.6 Å². The molecule has 0 radical (unpaired) electrons. The summed E-state index contributed by atoms with van der Waals surface area (Å²) in [5, 5.41) is 7.99. The van der Waals surface area contributed by atoms with Crippen LogP contribution in [0.3, 0.4) is 0 Å².